The number of nitrogens with zero attached hydrogens (tertiary/aromatic N) is 4. The van der Waals surface area contributed by atoms with E-state index in [-0.39, 0.29) is 11.9 Å². The predicted molar refractivity (Wildman–Crippen MR) is 76.5 cm³/mol. The summed E-state index contributed by atoms with van der Waals surface area (Å²) in [5.41, 5.74) is 3.34. The molecule has 2 heterocycles. The second-order valence-corrected chi connectivity index (χ2v) is 5.02. The van der Waals surface area contributed by atoms with E-state index in [1.165, 1.54) is 0 Å². The SMILES string of the molecule is CCn1cc(C(C)NC(=O)c2cn(C)nc2C)c(C)n1. The summed E-state index contributed by atoms with van der Waals surface area (Å²) in [5, 5.41) is 11.6. The van der Waals surface area contributed by atoms with Crippen LogP contribution >= 0.6 is 0 Å². The van der Waals surface area contributed by atoms with Gasteiger partial charge in [-0.15, -0.1) is 0 Å². The molecule has 108 valence electrons. The van der Waals surface area contributed by atoms with Crippen molar-refractivity contribution in [3.8, 4) is 0 Å². The fourth-order valence-corrected chi connectivity index (χ4v) is 2.30. The van der Waals surface area contributed by atoms with E-state index >= 15 is 0 Å². The van der Waals surface area contributed by atoms with Gasteiger partial charge in [-0.25, -0.2) is 0 Å². The summed E-state index contributed by atoms with van der Waals surface area (Å²) in [7, 11) is 1.81. The number of aromatic nitrogens is 4. The van der Waals surface area contributed by atoms with Gasteiger partial charge in [-0.1, -0.05) is 0 Å². The lowest BCUT2D eigenvalue weighted by molar-refractivity contribution is 0.0939. The van der Waals surface area contributed by atoms with Gasteiger partial charge in [0.15, 0.2) is 0 Å². The van der Waals surface area contributed by atoms with Gasteiger partial charge >= 0.3 is 0 Å². The van der Waals surface area contributed by atoms with E-state index in [9.17, 15) is 4.79 Å². The first-order valence-corrected chi connectivity index (χ1v) is 6.77. The van der Waals surface area contributed by atoms with Crippen molar-refractivity contribution < 1.29 is 4.79 Å². The van der Waals surface area contributed by atoms with Crippen molar-refractivity contribution >= 4 is 5.91 Å². The number of aryl methyl sites for hydroxylation is 4. The summed E-state index contributed by atoms with van der Waals surface area (Å²) >= 11 is 0. The molecule has 0 fully saturated rings. The van der Waals surface area contributed by atoms with E-state index in [0.29, 0.717) is 5.56 Å². The molecule has 2 rings (SSSR count). The quantitative estimate of drug-likeness (QED) is 0.924. The van der Waals surface area contributed by atoms with Crippen molar-refractivity contribution in [1.29, 1.82) is 0 Å². The van der Waals surface area contributed by atoms with Crippen molar-refractivity contribution in [2.24, 2.45) is 7.05 Å². The van der Waals surface area contributed by atoms with Crippen LogP contribution in [-0.2, 0) is 13.6 Å². The van der Waals surface area contributed by atoms with E-state index in [1.54, 1.807) is 10.9 Å². The van der Waals surface area contributed by atoms with Crippen LogP contribution in [0.1, 0.15) is 47.2 Å². The van der Waals surface area contributed by atoms with E-state index in [4.69, 9.17) is 0 Å². The number of rotatable bonds is 4. The van der Waals surface area contributed by atoms with Crippen molar-refractivity contribution in [3.05, 3.63) is 34.9 Å². The third-order valence-corrected chi connectivity index (χ3v) is 3.38. The summed E-state index contributed by atoms with van der Waals surface area (Å²) in [6.45, 7) is 8.62. The molecule has 1 N–H and O–H groups in total. The summed E-state index contributed by atoms with van der Waals surface area (Å²) in [6, 6.07) is -0.0811. The number of amides is 1. The first-order valence-electron chi connectivity index (χ1n) is 6.77. The molecule has 0 saturated carbocycles. The molecule has 0 bridgehead atoms. The van der Waals surface area contributed by atoms with E-state index in [2.05, 4.69) is 15.5 Å². The Morgan fingerprint density at radius 2 is 2.00 bits per heavy atom. The first kappa shape index (κ1) is 14.3. The molecule has 1 atom stereocenters. The lowest BCUT2D eigenvalue weighted by Crippen LogP contribution is -2.27. The van der Waals surface area contributed by atoms with Crippen molar-refractivity contribution in [1.82, 2.24) is 24.9 Å². The molecular formula is C14H21N5O. The van der Waals surface area contributed by atoms with Gasteiger partial charge in [0.25, 0.3) is 5.91 Å². The molecule has 0 spiro atoms. The van der Waals surface area contributed by atoms with Crippen molar-refractivity contribution in [3.63, 3.8) is 0 Å². The largest absolute Gasteiger partial charge is 0.345 e. The standard InChI is InChI=1S/C14H21N5O/c1-6-19-8-12(10(3)17-19)9(2)15-14(20)13-7-18(5)16-11(13)4/h7-9H,6H2,1-5H3,(H,15,20). The molecule has 2 aromatic rings. The molecule has 0 aliphatic carbocycles. The summed E-state index contributed by atoms with van der Waals surface area (Å²) in [4.78, 5) is 12.3. The molecule has 0 aliphatic rings. The van der Waals surface area contributed by atoms with Gasteiger partial charge in [-0.05, 0) is 27.7 Å². The molecule has 1 amide bonds. The van der Waals surface area contributed by atoms with Crippen LogP contribution in [0.5, 0.6) is 0 Å². The van der Waals surface area contributed by atoms with Crippen LogP contribution in [0.3, 0.4) is 0 Å². The van der Waals surface area contributed by atoms with Gasteiger partial charge in [0.05, 0.1) is 23.0 Å². The first-order chi connectivity index (χ1) is 9.42. The Balaban J connectivity index is 2.14. The fourth-order valence-electron chi connectivity index (χ4n) is 2.30. The van der Waals surface area contributed by atoms with Crippen LogP contribution in [0.4, 0.5) is 0 Å². The smallest absolute Gasteiger partial charge is 0.255 e. The molecule has 2 aromatic heterocycles. The molecule has 0 aliphatic heterocycles. The van der Waals surface area contributed by atoms with Gasteiger partial charge in [0.2, 0.25) is 0 Å². The van der Waals surface area contributed by atoms with Crippen LogP contribution in [0, 0.1) is 13.8 Å². The molecule has 0 saturated heterocycles. The average Bonchev–Trinajstić information content (AvgIpc) is 2.91. The normalized spacial score (nSPS) is 12.4. The summed E-state index contributed by atoms with van der Waals surface area (Å²) < 4.78 is 3.53. The third-order valence-electron chi connectivity index (χ3n) is 3.38. The van der Waals surface area contributed by atoms with Gasteiger partial charge in [0, 0.05) is 31.5 Å². The van der Waals surface area contributed by atoms with E-state index in [1.807, 2.05) is 45.6 Å². The number of carbonyl (C=O) groups is 1. The van der Waals surface area contributed by atoms with E-state index in [0.717, 1.165) is 23.5 Å². The topological polar surface area (TPSA) is 64.7 Å². The van der Waals surface area contributed by atoms with Gasteiger partial charge < -0.3 is 5.32 Å². The maximum atomic E-state index is 12.3. The Hall–Kier alpha value is -2.11. The second-order valence-electron chi connectivity index (χ2n) is 5.02. The van der Waals surface area contributed by atoms with Crippen LogP contribution < -0.4 is 5.32 Å². The number of hydrogen-bond donors (Lipinski definition) is 1. The summed E-state index contributed by atoms with van der Waals surface area (Å²) in [5.74, 6) is -0.105. The molecule has 6 heteroatoms. The van der Waals surface area contributed by atoms with E-state index < -0.39 is 0 Å². The van der Waals surface area contributed by atoms with Crippen LogP contribution in [0.2, 0.25) is 0 Å². The second kappa shape index (κ2) is 5.48. The van der Waals surface area contributed by atoms with Gasteiger partial charge in [0.1, 0.15) is 0 Å². The highest BCUT2D eigenvalue weighted by Gasteiger charge is 2.18. The van der Waals surface area contributed by atoms with Crippen LogP contribution in [-0.4, -0.2) is 25.5 Å². The maximum absolute atomic E-state index is 12.3. The Labute approximate surface area is 118 Å². The highest BCUT2D eigenvalue weighted by molar-refractivity contribution is 5.95. The monoisotopic (exact) mass is 275 g/mol. The van der Waals surface area contributed by atoms with Crippen molar-refractivity contribution in [2.75, 3.05) is 0 Å². The Morgan fingerprint density at radius 1 is 1.30 bits per heavy atom. The molecule has 20 heavy (non-hydrogen) atoms. The Kier molecular flexibility index (Phi) is 3.92. The summed E-state index contributed by atoms with van der Waals surface area (Å²) in [6.07, 6.45) is 3.72. The Bertz CT molecular complexity index is 626. The average molecular weight is 275 g/mol. The van der Waals surface area contributed by atoms with Crippen LogP contribution in [0.15, 0.2) is 12.4 Å². The fraction of sp³-hybridized carbons (Fsp3) is 0.500. The molecule has 0 radical (unpaired) electrons. The minimum Gasteiger partial charge on any atom is -0.345 e. The minimum absolute atomic E-state index is 0.0811. The maximum Gasteiger partial charge on any atom is 0.255 e. The minimum atomic E-state index is -0.105. The highest BCUT2D eigenvalue weighted by atomic mass is 16.1. The number of nitrogens with one attached hydrogen (secondary N) is 1. The molecule has 1 unspecified atom stereocenters. The van der Waals surface area contributed by atoms with Crippen molar-refractivity contribution in [2.45, 2.75) is 40.3 Å². The number of hydrogen-bond acceptors (Lipinski definition) is 3. The Morgan fingerprint density at radius 3 is 2.50 bits per heavy atom. The highest BCUT2D eigenvalue weighted by Crippen LogP contribution is 2.17. The number of carbonyl (C=O) groups excluding carboxylic acids is 1. The molecule has 0 aromatic carbocycles. The third kappa shape index (κ3) is 2.74. The van der Waals surface area contributed by atoms with Gasteiger partial charge in [-0.2, -0.15) is 10.2 Å². The van der Waals surface area contributed by atoms with Crippen LogP contribution in [0.25, 0.3) is 0 Å². The zero-order valence-corrected chi connectivity index (χ0v) is 12.6. The zero-order chi connectivity index (χ0) is 14.9. The molecular weight excluding hydrogens is 254 g/mol. The predicted octanol–water partition coefficient (Wildman–Crippen LogP) is 1.74. The van der Waals surface area contributed by atoms with Gasteiger partial charge in [-0.3, -0.25) is 14.2 Å². The lowest BCUT2D eigenvalue weighted by atomic mass is 10.1. The lowest BCUT2D eigenvalue weighted by Gasteiger charge is -2.12. The molecule has 6 nitrogen and oxygen atoms in total. The zero-order valence-electron chi connectivity index (χ0n) is 12.6.